The van der Waals surface area contributed by atoms with Gasteiger partial charge >= 0.3 is 0 Å². The van der Waals surface area contributed by atoms with E-state index < -0.39 is 0 Å². The van der Waals surface area contributed by atoms with Gasteiger partial charge in [0.2, 0.25) is 0 Å². The van der Waals surface area contributed by atoms with Gasteiger partial charge in [-0.1, -0.05) is 30.4 Å². The average molecular weight is 347 g/mol. The van der Waals surface area contributed by atoms with Gasteiger partial charge in [-0.15, -0.1) is 0 Å². The summed E-state index contributed by atoms with van der Waals surface area (Å²) in [4.78, 5) is 25.7. The molecule has 0 N–H and O–H groups in total. The van der Waals surface area contributed by atoms with Gasteiger partial charge in [-0.2, -0.15) is 10.1 Å². The molecule has 2 bridgehead atoms. The largest absolute Gasteiger partial charge is 0.347 e. The highest BCUT2D eigenvalue weighted by atomic mass is 16.2. The molecule has 0 spiro atoms. The number of rotatable bonds is 3. The zero-order chi connectivity index (χ0) is 17.8. The second-order valence-corrected chi connectivity index (χ2v) is 7.46. The van der Waals surface area contributed by atoms with Crippen LogP contribution < -0.4 is 0 Å². The summed E-state index contributed by atoms with van der Waals surface area (Å²) in [6, 6.07) is 8.11. The minimum absolute atomic E-state index is 0.130. The van der Waals surface area contributed by atoms with Gasteiger partial charge in [0.15, 0.2) is 0 Å². The Balaban J connectivity index is 1.49. The van der Waals surface area contributed by atoms with E-state index in [-0.39, 0.29) is 35.5 Å². The van der Waals surface area contributed by atoms with E-state index in [1.54, 1.807) is 6.21 Å². The van der Waals surface area contributed by atoms with Crippen molar-refractivity contribution in [2.75, 3.05) is 0 Å². The van der Waals surface area contributed by atoms with E-state index in [0.29, 0.717) is 0 Å². The fourth-order valence-corrected chi connectivity index (χ4v) is 4.93. The highest BCUT2D eigenvalue weighted by Crippen LogP contribution is 2.49. The highest BCUT2D eigenvalue weighted by molar-refractivity contribution is 6.07. The molecule has 3 aliphatic carbocycles. The zero-order valence-electron chi connectivity index (χ0n) is 14.7. The van der Waals surface area contributed by atoms with Crippen LogP contribution in [0.1, 0.15) is 25.3 Å². The molecule has 1 aromatic carbocycles. The first-order valence-corrected chi connectivity index (χ1v) is 9.37. The number of imide groups is 1. The van der Waals surface area contributed by atoms with Crippen molar-refractivity contribution in [3.8, 4) is 0 Å². The third-order valence-electron chi connectivity index (χ3n) is 6.21. The first-order chi connectivity index (χ1) is 12.7. The molecular weight excluding hydrogens is 326 g/mol. The van der Waals surface area contributed by atoms with Crippen molar-refractivity contribution in [1.82, 2.24) is 9.58 Å². The number of hydrogen-bond donors (Lipinski definition) is 0. The maximum Gasteiger partial charge on any atom is 0.254 e. The minimum atomic E-state index is -0.208. The fraction of sp³-hybridized carbons (Fsp3) is 0.381. The molecule has 5 nitrogen and oxygen atoms in total. The minimum Gasteiger partial charge on any atom is -0.347 e. The number of aryl methyl sites for hydroxylation is 1. The molecule has 5 heteroatoms. The van der Waals surface area contributed by atoms with Crippen molar-refractivity contribution in [3.05, 3.63) is 48.2 Å². The van der Waals surface area contributed by atoms with Gasteiger partial charge in [0.25, 0.3) is 11.8 Å². The predicted molar refractivity (Wildman–Crippen MR) is 99.4 cm³/mol. The van der Waals surface area contributed by atoms with Crippen LogP contribution in [-0.4, -0.2) is 27.6 Å². The second-order valence-electron chi connectivity index (χ2n) is 7.46. The Morgan fingerprint density at radius 2 is 1.73 bits per heavy atom. The summed E-state index contributed by atoms with van der Waals surface area (Å²) in [7, 11) is 0. The molecule has 2 amide bonds. The molecule has 132 valence electrons. The first kappa shape index (κ1) is 15.6. The molecule has 4 aliphatic rings. The lowest BCUT2D eigenvalue weighted by atomic mass is 9.63. The Morgan fingerprint density at radius 1 is 1.08 bits per heavy atom. The van der Waals surface area contributed by atoms with Crippen LogP contribution in [-0.2, 0) is 16.1 Å². The van der Waals surface area contributed by atoms with Crippen LogP contribution in [0, 0.1) is 23.7 Å². The number of carbonyl (C=O) groups is 2. The predicted octanol–water partition coefficient (Wildman–Crippen LogP) is 3.19. The summed E-state index contributed by atoms with van der Waals surface area (Å²) in [6.07, 6.45) is 9.95. The van der Waals surface area contributed by atoms with Crippen LogP contribution in [0.2, 0.25) is 0 Å². The molecule has 0 unspecified atom stereocenters. The van der Waals surface area contributed by atoms with Crippen molar-refractivity contribution >= 4 is 28.9 Å². The quantitative estimate of drug-likeness (QED) is 0.486. The number of aromatic nitrogens is 1. The number of para-hydroxylation sites is 1. The number of carbonyl (C=O) groups excluding carboxylic acids is 2. The van der Waals surface area contributed by atoms with Gasteiger partial charge < -0.3 is 4.57 Å². The van der Waals surface area contributed by atoms with Crippen molar-refractivity contribution in [2.24, 2.45) is 28.8 Å². The number of nitrogens with zero attached hydrogens (tertiary/aromatic N) is 3. The summed E-state index contributed by atoms with van der Waals surface area (Å²) < 4.78 is 2.15. The van der Waals surface area contributed by atoms with Gasteiger partial charge in [-0.25, -0.2) is 0 Å². The Labute approximate surface area is 152 Å². The Hall–Kier alpha value is -2.69. The van der Waals surface area contributed by atoms with E-state index in [1.165, 1.54) is 0 Å². The Kier molecular flexibility index (Phi) is 3.39. The monoisotopic (exact) mass is 347 g/mol. The Morgan fingerprint density at radius 3 is 2.35 bits per heavy atom. The first-order valence-electron chi connectivity index (χ1n) is 9.37. The normalized spacial score (nSPS) is 30.1. The molecule has 26 heavy (non-hydrogen) atoms. The van der Waals surface area contributed by atoms with Crippen LogP contribution in [0.4, 0.5) is 0 Å². The number of amides is 2. The maximum atomic E-state index is 12.8. The van der Waals surface area contributed by atoms with E-state index in [0.717, 1.165) is 40.9 Å². The number of hydrazone groups is 1. The van der Waals surface area contributed by atoms with E-state index in [1.807, 2.05) is 24.4 Å². The van der Waals surface area contributed by atoms with Crippen molar-refractivity contribution in [1.29, 1.82) is 0 Å². The molecule has 0 radical (unpaired) electrons. The summed E-state index contributed by atoms with van der Waals surface area (Å²) in [6.45, 7) is 2.95. The molecule has 1 saturated carbocycles. The lowest BCUT2D eigenvalue weighted by Gasteiger charge is -2.37. The number of hydrogen-bond acceptors (Lipinski definition) is 3. The molecule has 4 atom stereocenters. The molecule has 2 heterocycles. The molecule has 6 rings (SSSR count). The van der Waals surface area contributed by atoms with Crippen LogP contribution in [0.15, 0.2) is 47.7 Å². The van der Waals surface area contributed by atoms with Crippen LogP contribution >= 0.6 is 0 Å². The van der Waals surface area contributed by atoms with E-state index in [2.05, 4.69) is 34.8 Å². The zero-order valence-corrected chi connectivity index (χ0v) is 14.7. The summed E-state index contributed by atoms with van der Waals surface area (Å²) in [5.74, 6) is -0.280. The van der Waals surface area contributed by atoms with Crippen LogP contribution in [0.3, 0.4) is 0 Å². The molecule has 2 fully saturated rings. The van der Waals surface area contributed by atoms with Gasteiger partial charge in [0.1, 0.15) is 0 Å². The van der Waals surface area contributed by atoms with E-state index in [4.69, 9.17) is 0 Å². The van der Waals surface area contributed by atoms with Crippen LogP contribution in [0.25, 0.3) is 10.9 Å². The standard InChI is InChI=1S/C21H21N3O2/c1-2-23-12-15(16-5-3-4-6-17(16)23)11-22-24-20(25)18-13-7-8-14(10-9-13)19(18)21(24)26/h3-8,11-14,18-19H,2,9-10H2,1H3/b22-11-/t13-,14-,18+,19+/m0/s1. The van der Waals surface area contributed by atoms with Gasteiger partial charge in [-0.3, -0.25) is 9.59 Å². The molecule has 2 aromatic rings. The topological polar surface area (TPSA) is 54.7 Å². The van der Waals surface area contributed by atoms with Gasteiger partial charge in [-0.05, 0) is 37.7 Å². The van der Waals surface area contributed by atoms with E-state index in [9.17, 15) is 9.59 Å². The third kappa shape index (κ3) is 2.06. The molecular formula is C21H21N3O2. The molecule has 1 aromatic heterocycles. The maximum absolute atomic E-state index is 12.8. The summed E-state index contributed by atoms with van der Waals surface area (Å²) >= 11 is 0. The van der Waals surface area contributed by atoms with Crippen molar-refractivity contribution in [2.45, 2.75) is 26.3 Å². The lowest BCUT2D eigenvalue weighted by Crippen LogP contribution is -2.38. The SMILES string of the molecule is CCn1cc(/C=N\N2C(=O)[C@H]3[C@H](C2=O)[C@H]2C=C[C@H]3CC2)c2ccccc21. The van der Waals surface area contributed by atoms with Crippen molar-refractivity contribution in [3.63, 3.8) is 0 Å². The molecule has 1 aliphatic heterocycles. The molecule has 1 saturated heterocycles. The second kappa shape index (κ2) is 5.66. The number of fused-ring (bicyclic) bond motifs is 2. The van der Waals surface area contributed by atoms with Crippen LogP contribution in [0.5, 0.6) is 0 Å². The summed E-state index contributed by atoms with van der Waals surface area (Å²) in [5, 5.41) is 6.55. The van der Waals surface area contributed by atoms with Gasteiger partial charge in [0, 0.05) is 29.2 Å². The van der Waals surface area contributed by atoms with Gasteiger partial charge in [0.05, 0.1) is 18.1 Å². The lowest BCUT2D eigenvalue weighted by molar-refractivity contribution is -0.140. The highest BCUT2D eigenvalue weighted by Gasteiger charge is 2.56. The van der Waals surface area contributed by atoms with Crippen molar-refractivity contribution < 1.29 is 9.59 Å². The number of benzene rings is 1. The average Bonchev–Trinajstić information content (AvgIpc) is 3.18. The fourth-order valence-electron chi connectivity index (χ4n) is 4.93. The third-order valence-corrected chi connectivity index (χ3v) is 6.21. The Bertz CT molecular complexity index is 939. The summed E-state index contributed by atoms with van der Waals surface area (Å²) in [5.41, 5.74) is 2.06. The number of allylic oxidation sites excluding steroid dienone is 2. The van der Waals surface area contributed by atoms with E-state index >= 15 is 0 Å². The smallest absolute Gasteiger partial charge is 0.254 e.